The van der Waals surface area contributed by atoms with Crippen molar-refractivity contribution in [3.05, 3.63) is 28.2 Å². The molecule has 2 rings (SSSR count). The number of rotatable bonds is 4. The van der Waals surface area contributed by atoms with Crippen molar-refractivity contribution in [2.75, 3.05) is 27.4 Å². The van der Waals surface area contributed by atoms with Gasteiger partial charge in [-0.1, -0.05) is 22.0 Å². The first-order valence-electron chi connectivity index (χ1n) is 5.84. The molecule has 0 aliphatic carbocycles. The van der Waals surface area contributed by atoms with Crippen LogP contribution in [0.3, 0.4) is 0 Å². The molecule has 1 fully saturated rings. The molecule has 1 aliphatic rings. The fourth-order valence-corrected chi connectivity index (χ4v) is 2.95. The van der Waals surface area contributed by atoms with Crippen molar-refractivity contribution in [1.29, 1.82) is 0 Å². The van der Waals surface area contributed by atoms with Gasteiger partial charge >= 0.3 is 0 Å². The zero-order valence-corrected chi connectivity index (χ0v) is 11.8. The Hall–Kier alpha value is -0.580. The normalized spacial score (nSPS) is 21.5. The van der Waals surface area contributed by atoms with Crippen LogP contribution < -0.4 is 10.1 Å². The molecule has 0 spiro atoms. The number of benzene rings is 1. The van der Waals surface area contributed by atoms with Crippen LogP contribution >= 0.6 is 15.9 Å². The molecule has 1 heterocycles. The second-order valence-corrected chi connectivity index (χ2v) is 5.13. The molecule has 1 aromatic carbocycles. The highest BCUT2D eigenvalue weighted by molar-refractivity contribution is 9.10. The molecule has 0 saturated carbocycles. The molecular formula is C13H18BrNO2. The Bertz CT molecular complexity index is 378. The van der Waals surface area contributed by atoms with E-state index in [1.807, 2.05) is 19.2 Å². The molecule has 17 heavy (non-hydrogen) atoms. The lowest BCUT2D eigenvalue weighted by Gasteiger charge is -2.23. The van der Waals surface area contributed by atoms with E-state index < -0.39 is 0 Å². The Morgan fingerprint density at radius 3 is 2.88 bits per heavy atom. The average Bonchev–Trinajstić information content (AvgIpc) is 2.85. The van der Waals surface area contributed by atoms with E-state index in [-0.39, 0.29) is 0 Å². The lowest BCUT2D eigenvalue weighted by Crippen LogP contribution is -2.25. The van der Waals surface area contributed by atoms with E-state index in [2.05, 4.69) is 27.3 Å². The molecule has 1 aliphatic heterocycles. The topological polar surface area (TPSA) is 30.5 Å². The molecule has 3 nitrogen and oxygen atoms in total. The number of ether oxygens (including phenoxy) is 2. The Kier molecular flexibility index (Phi) is 4.42. The van der Waals surface area contributed by atoms with Gasteiger partial charge < -0.3 is 14.8 Å². The van der Waals surface area contributed by atoms with Gasteiger partial charge in [0, 0.05) is 23.0 Å². The Morgan fingerprint density at radius 2 is 2.35 bits per heavy atom. The fraction of sp³-hybridized carbons (Fsp3) is 0.538. The van der Waals surface area contributed by atoms with Crippen molar-refractivity contribution >= 4 is 15.9 Å². The summed E-state index contributed by atoms with van der Waals surface area (Å²) in [5, 5.41) is 3.39. The van der Waals surface area contributed by atoms with Crippen molar-refractivity contribution in [3.63, 3.8) is 0 Å². The van der Waals surface area contributed by atoms with Gasteiger partial charge in [0.05, 0.1) is 13.7 Å². The van der Waals surface area contributed by atoms with E-state index in [0.717, 1.165) is 29.9 Å². The lowest BCUT2D eigenvalue weighted by atomic mass is 9.92. The lowest BCUT2D eigenvalue weighted by molar-refractivity contribution is 0.177. The Balaban J connectivity index is 2.23. The molecule has 2 unspecified atom stereocenters. The SMILES string of the molecule is CNC(c1ccc(OC)cc1Br)C1CCOC1. The highest BCUT2D eigenvalue weighted by atomic mass is 79.9. The Labute approximate surface area is 111 Å². The van der Waals surface area contributed by atoms with Crippen LogP contribution in [-0.2, 0) is 4.74 Å². The quantitative estimate of drug-likeness (QED) is 0.927. The van der Waals surface area contributed by atoms with Gasteiger partial charge in [-0.25, -0.2) is 0 Å². The first kappa shape index (κ1) is 12.9. The van der Waals surface area contributed by atoms with Crippen molar-refractivity contribution < 1.29 is 9.47 Å². The molecule has 4 heteroatoms. The van der Waals surface area contributed by atoms with E-state index in [0.29, 0.717) is 12.0 Å². The number of hydrogen-bond acceptors (Lipinski definition) is 3. The van der Waals surface area contributed by atoms with Gasteiger partial charge in [0.2, 0.25) is 0 Å². The number of hydrogen-bond donors (Lipinski definition) is 1. The second kappa shape index (κ2) is 5.85. The predicted octanol–water partition coefficient (Wildman–Crippen LogP) is 2.75. The zero-order chi connectivity index (χ0) is 12.3. The average molecular weight is 300 g/mol. The summed E-state index contributed by atoms with van der Waals surface area (Å²) in [7, 11) is 3.68. The van der Waals surface area contributed by atoms with Crippen molar-refractivity contribution in [3.8, 4) is 5.75 Å². The number of nitrogens with one attached hydrogen (secondary N) is 1. The second-order valence-electron chi connectivity index (χ2n) is 4.28. The maximum atomic E-state index is 5.47. The van der Waals surface area contributed by atoms with Crippen LogP contribution in [0.4, 0.5) is 0 Å². The van der Waals surface area contributed by atoms with Crippen molar-refractivity contribution in [2.24, 2.45) is 5.92 Å². The van der Waals surface area contributed by atoms with E-state index >= 15 is 0 Å². The maximum absolute atomic E-state index is 5.47. The molecule has 0 bridgehead atoms. The minimum absolute atomic E-state index is 0.331. The third kappa shape index (κ3) is 2.81. The predicted molar refractivity (Wildman–Crippen MR) is 71.4 cm³/mol. The molecule has 0 radical (unpaired) electrons. The molecular weight excluding hydrogens is 282 g/mol. The first-order chi connectivity index (χ1) is 8.26. The smallest absolute Gasteiger partial charge is 0.120 e. The van der Waals surface area contributed by atoms with Gasteiger partial charge in [0.15, 0.2) is 0 Å². The van der Waals surface area contributed by atoms with Crippen molar-refractivity contribution in [2.45, 2.75) is 12.5 Å². The highest BCUT2D eigenvalue weighted by Crippen LogP contribution is 2.34. The van der Waals surface area contributed by atoms with Crippen LogP contribution in [0.25, 0.3) is 0 Å². The number of halogens is 1. The van der Waals surface area contributed by atoms with Crippen molar-refractivity contribution in [1.82, 2.24) is 5.32 Å². The summed E-state index contributed by atoms with van der Waals surface area (Å²) in [5.41, 5.74) is 1.27. The van der Waals surface area contributed by atoms with Crippen LogP contribution in [-0.4, -0.2) is 27.4 Å². The summed E-state index contributed by atoms with van der Waals surface area (Å²) in [6.45, 7) is 1.71. The largest absolute Gasteiger partial charge is 0.497 e. The van der Waals surface area contributed by atoms with Gasteiger partial charge in [0.1, 0.15) is 5.75 Å². The summed E-state index contributed by atoms with van der Waals surface area (Å²) >= 11 is 3.62. The molecule has 1 saturated heterocycles. The van der Waals surface area contributed by atoms with E-state index in [1.54, 1.807) is 7.11 Å². The van der Waals surface area contributed by atoms with Gasteiger partial charge in [-0.2, -0.15) is 0 Å². The van der Waals surface area contributed by atoms with Gasteiger partial charge in [0.25, 0.3) is 0 Å². The monoisotopic (exact) mass is 299 g/mol. The summed E-state index contributed by atoms with van der Waals surface area (Å²) in [6.07, 6.45) is 1.12. The third-order valence-corrected chi connectivity index (χ3v) is 3.98. The zero-order valence-electron chi connectivity index (χ0n) is 10.2. The summed E-state index contributed by atoms with van der Waals surface area (Å²) in [6, 6.07) is 6.45. The summed E-state index contributed by atoms with van der Waals surface area (Å²) in [5.74, 6) is 1.42. The Morgan fingerprint density at radius 1 is 1.53 bits per heavy atom. The first-order valence-corrected chi connectivity index (χ1v) is 6.64. The van der Waals surface area contributed by atoms with Crippen LogP contribution in [0.1, 0.15) is 18.0 Å². The molecule has 0 amide bonds. The summed E-state index contributed by atoms with van der Waals surface area (Å²) in [4.78, 5) is 0. The highest BCUT2D eigenvalue weighted by Gasteiger charge is 2.27. The summed E-state index contributed by atoms with van der Waals surface area (Å²) < 4.78 is 11.8. The van der Waals surface area contributed by atoms with Gasteiger partial charge in [-0.15, -0.1) is 0 Å². The van der Waals surface area contributed by atoms with E-state index in [9.17, 15) is 0 Å². The fourth-order valence-electron chi connectivity index (χ4n) is 2.35. The molecule has 1 aromatic rings. The third-order valence-electron chi connectivity index (χ3n) is 3.29. The van der Waals surface area contributed by atoms with E-state index in [1.165, 1.54) is 5.56 Å². The van der Waals surface area contributed by atoms with Gasteiger partial charge in [-0.05, 0) is 31.2 Å². The van der Waals surface area contributed by atoms with E-state index in [4.69, 9.17) is 9.47 Å². The molecule has 94 valence electrons. The van der Waals surface area contributed by atoms with Crippen LogP contribution in [0.2, 0.25) is 0 Å². The van der Waals surface area contributed by atoms with Crippen LogP contribution in [0, 0.1) is 5.92 Å². The molecule has 0 aromatic heterocycles. The number of methoxy groups -OCH3 is 1. The van der Waals surface area contributed by atoms with Gasteiger partial charge in [-0.3, -0.25) is 0 Å². The molecule has 2 atom stereocenters. The standard InChI is InChI=1S/C13H18BrNO2/c1-15-13(9-5-6-17-8-9)11-4-3-10(16-2)7-12(11)14/h3-4,7,9,13,15H,5-6,8H2,1-2H3. The van der Waals surface area contributed by atoms with Crippen LogP contribution in [0.15, 0.2) is 22.7 Å². The van der Waals surface area contributed by atoms with Crippen LogP contribution in [0.5, 0.6) is 5.75 Å². The molecule has 1 N–H and O–H groups in total. The minimum Gasteiger partial charge on any atom is -0.497 e. The maximum Gasteiger partial charge on any atom is 0.120 e. The minimum atomic E-state index is 0.331.